The van der Waals surface area contributed by atoms with E-state index in [-0.39, 0.29) is 30.5 Å². The van der Waals surface area contributed by atoms with Crippen LogP contribution >= 0.6 is 0 Å². The third-order valence-corrected chi connectivity index (χ3v) is 3.96. The van der Waals surface area contributed by atoms with E-state index in [1.165, 1.54) is 17.2 Å². The molecule has 0 aliphatic heterocycles. The first kappa shape index (κ1) is 16.8. The summed E-state index contributed by atoms with van der Waals surface area (Å²) in [4.78, 5) is 23.4. The predicted octanol–water partition coefficient (Wildman–Crippen LogP) is 2.56. The number of aromatic nitrogens is 1. The summed E-state index contributed by atoms with van der Waals surface area (Å²) in [7, 11) is 0. The number of amides is 2. The second-order valence-electron chi connectivity index (χ2n) is 5.75. The van der Waals surface area contributed by atoms with Gasteiger partial charge in [0, 0.05) is 37.8 Å². The number of aryl methyl sites for hydroxylation is 1. The standard InChI is InChI=1S/C19H21N3O3/c23-18(8-11-21-19(24)17-7-3-14-25-17)20-10-4-12-22-13-9-15-5-1-2-6-16(15)22/h1-3,5-7,9,13-14H,4,8,10-12H2,(H,20,23)(H,21,24). The number of carbonyl (C=O) groups is 2. The Morgan fingerprint density at radius 2 is 1.88 bits per heavy atom. The van der Waals surface area contributed by atoms with Gasteiger partial charge >= 0.3 is 0 Å². The Kier molecular flexibility index (Phi) is 5.51. The molecular formula is C19H21N3O3. The van der Waals surface area contributed by atoms with Gasteiger partial charge in [-0.1, -0.05) is 18.2 Å². The fraction of sp³-hybridized carbons (Fsp3) is 0.263. The van der Waals surface area contributed by atoms with Gasteiger partial charge < -0.3 is 19.6 Å². The Bertz CT molecular complexity index is 837. The van der Waals surface area contributed by atoms with Crippen LogP contribution in [0.2, 0.25) is 0 Å². The van der Waals surface area contributed by atoms with Gasteiger partial charge in [-0.15, -0.1) is 0 Å². The van der Waals surface area contributed by atoms with Crippen molar-refractivity contribution in [2.75, 3.05) is 13.1 Å². The van der Waals surface area contributed by atoms with Crippen molar-refractivity contribution in [3.8, 4) is 0 Å². The lowest BCUT2D eigenvalue weighted by Crippen LogP contribution is -2.31. The third-order valence-electron chi connectivity index (χ3n) is 3.96. The lowest BCUT2D eigenvalue weighted by Gasteiger charge is -2.08. The first-order valence-electron chi connectivity index (χ1n) is 8.36. The highest BCUT2D eigenvalue weighted by atomic mass is 16.3. The van der Waals surface area contributed by atoms with Crippen molar-refractivity contribution in [2.24, 2.45) is 0 Å². The SMILES string of the molecule is O=C(CCNC(=O)c1ccco1)NCCCn1ccc2ccccc21. The zero-order valence-corrected chi connectivity index (χ0v) is 13.9. The van der Waals surface area contributed by atoms with Crippen LogP contribution in [0.25, 0.3) is 10.9 Å². The lowest BCUT2D eigenvalue weighted by atomic mass is 10.2. The van der Waals surface area contributed by atoms with Crippen LogP contribution in [0, 0.1) is 0 Å². The van der Waals surface area contributed by atoms with Crippen LogP contribution in [0.15, 0.2) is 59.3 Å². The number of rotatable bonds is 8. The van der Waals surface area contributed by atoms with Gasteiger partial charge in [0.2, 0.25) is 5.91 Å². The maximum Gasteiger partial charge on any atom is 0.286 e. The van der Waals surface area contributed by atoms with Gasteiger partial charge in [0.15, 0.2) is 5.76 Å². The topological polar surface area (TPSA) is 76.3 Å². The minimum Gasteiger partial charge on any atom is -0.459 e. The van der Waals surface area contributed by atoms with Crippen molar-refractivity contribution in [3.05, 3.63) is 60.7 Å². The molecular weight excluding hydrogens is 318 g/mol. The molecule has 130 valence electrons. The van der Waals surface area contributed by atoms with E-state index in [9.17, 15) is 9.59 Å². The normalized spacial score (nSPS) is 10.7. The molecule has 6 heteroatoms. The molecule has 0 aliphatic rings. The van der Waals surface area contributed by atoms with Crippen molar-refractivity contribution < 1.29 is 14.0 Å². The maximum atomic E-state index is 11.8. The van der Waals surface area contributed by atoms with Crippen LogP contribution in [0.4, 0.5) is 0 Å². The highest BCUT2D eigenvalue weighted by Crippen LogP contribution is 2.15. The molecule has 0 atom stereocenters. The molecule has 2 amide bonds. The highest BCUT2D eigenvalue weighted by Gasteiger charge is 2.08. The summed E-state index contributed by atoms with van der Waals surface area (Å²) in [5.74, 6) is -0.131. The second kappa shape index (κ2) is 8.19. The minimum absolute atomic E-state index is 0.0721. The smallest absolute Gasteiger partial charge is 0.286 e. The third kappa shape index (κ3) is 4.50. The molecule has 25 heavy (non-hydrogen) atoms. The maximum absolute atomic E-state index is 11.8. The van der Waals surface area contributed by atoms with E-state index in [2.05, 4.69) is 39.6 Å². The zero-order valence-electron chi connectivity index (χ0n) is 13.9. The van der Waals surface area contributed by atoms with Crippen LogP contribution < -0.4 is 10.6 Å². The summed E-state index contributed by atoms with van der Waals surface area (Å²) in [6.07, 6.45) is 4.61. The van der Waals surface area contributed by atoms with Gasteiger partial charge in [-0.2, -0.15) is 0 Å². The van der Waals surface area contributed by atoms with E-state index in [1.54, 1.807) is 12.1 Å². The molecule has 2 heterocycles. The molecule has 0 spiro atoms. The summed E-state index contributed by atoms with van der Waals surface area (Å²) in [5.41, 5.74) is 1.20. The van der Waals surface area contributed by atoms with E-state index in [4.69, 9.17) is 4.42 Å². The second-order valence-corrected chi connectivity index (χ2v) is 5.75. The number of fused-ring (bicyclic) bond motifs is 1. The van der Waals surface area contributed by atoms with Crippen LogP contribution in [-0.2, 0) is 11.3 Å². The monoisotopic (exact) mass is 339 g/mol. The van der Waals surface area contributed by atoms with Crippen LogP contribution in [0.1, 0.15) is 23.4 Å². The summed E-state index contributed by atoms with van der Waals surface area (Å²) in [6, 6.07) is 13.6. The number of benzene rings is 1. The molecule has 0 saturated carbocycles. The fourth-order valence-corrected chi connectivity index (χ4v) is 2.69. The molecule has 0 bridgehead atoms. The van der Waals surface area contributed by atoms with Gasteiger partial charge in [0.1, 0.15) is 0 Å². The number of nitrogens with zero attached hydrogens (tertiary/aromatic N) is 1. The Balaban J connectivity index is 1.32. The fourth-order valence-electron chi connectivity index (χ4n) is 2.69. The summed E-state index contributed by atoms with van der Waals surface area (Å²) < 4.78 is 7.17. The number of nitrogens with one attached hydrogen (secondary N) is 2. The molecule has 0 fully saturated rings. The molecule has 2 N–H and O–H groups in total. The molecule has 3 rings (SSSR count). The number of para-hydroxylation sites is 1. The Morgan fingerprint density at radius 3 is 2.72 bits per heavy atom. The Morgan fingerprint density at radius 1 is 1.00 bits per heavy atom. The van der Waals surface area contributed by atoms with Crippen LogP contribution in [0.5, 0.6) is 0 Å². The average molecular weight is 339 g/mol. The first-order valence-corrected chi connectivity index (χ1v) is 8.36. The van der Waals surface area contributed by atoms with Crippen molar-refractivity contribution in [3.63, 3.8) is 0 Å². The molecule has 2 aromatic heterocycles. The summed E-state index contributed by atoms with van der Waals surface area (Å²) in [5, 5.41) is 6.75. The average Bonchev–Trinajstić information content (AvgIpc) is 3.29. The van der Waals surface area contributed by atoms with Gasteiger partial charge in [-0.05, 0) is 36.1 Å². The first-order chi connectivity index (χ1) is 12.2. The van der Waals surface area contributed by atoms with Crippen molar-refractivity contribution in [1.82, 2.24) is 15.2 Å². The zero-order chi connectivity index (χ0) is 17.5. The van der Waals surface area contributed by atoms with Gasteiger partial charge in [-0.3, -0.25) is 9.59 Å². The van der Waals surface area contributed by atoms with Crippen LogP contribution in [0.3, 0.4) is 0 Å². The van der Waals surface area contributed by atoms with Gasteiger partial charge in [0.25, 0.3) is 5.91 Å². The van der Waals surface area contributed by atoms with Crippen molar-refractivity contribution in [2.45, 2.75) is 19.4 Å². The number of hydrogen-bond donors (Lipinski definition) is 2. The van der Waals surface area contributed by atoms with E-state index >= 15 is 0 Å². The molecule has 6 nitrogen and oxygen atoms in total. The van der Waals surface area contributed by atoms with E-state index in [0.29, 0.717) is 6.54 Å². The molecule has 0 saturated heterocycles. The molecule has 0 radical (unpaired) electrons. The molecule has 0 aliphatic carbocycles. The molecule has 0 unspecified atom stereocenters. The summed E-state index contributed by atoms with van der Waals surface area (Å²) in [6.45, 7) is 1.74. The van der Waals surface area contributed by atoms with E-state index < -0.39 is 0 Å². The van der Waals surface area contributed by atoms with E-state index in [0.717, 1.165) is 13.0 Å². The Hall–Kier alpha value is -3.02. The molecule has 3 aromatic rings. The van der Waals surface area contributed by atoms with Crippen molar-refractivity contribution in [1.29, 1.82) is 0 Å². The van der Waals surface area contributed by atoms with Crippen LogP contribution in [-0.4, -0.2) is 29.5 Å². The summed E-state index contributed by atoms with van der Waals surface area (Å²) >= 11 is 0. The minimum atomic E-state index is -0.308. The number of furan rings is 1. The lowest BCUT2D eigenvalue weighted by molar-refractivity contribution is -0.120. The van der Waals surface area contributed by atoms with Gasteiger partial charge in [-0.25, -0.2) is 0 Å². The largest absolute Gasteiger partial charge is 0.459 e. The predicted molar refractivity (Wildman–Crippen MR) is 95.2 cm³/mol. The highest BCUT2D eigenvalue weighted by molar-refractivity contribution is 5.91. The number of hydrogen-bond acceptors (Lipinski definition) is 3. The Labute approximate surface area is 145 Å². The van der Waals surface area contributed by atoms with Gasteiger partial charge in [0.05, 0.1) is 6.26 Å². The molecule has 1 aromatic carbocycles. The quantitative estimate of drug-likeness (QED) is 0.619. The van der Waals surface area contributed by atoms with E-state index in [1.807, 2.05) is 12.1 Å². The number of carbonyl (C=O) groups excluding carboxylic acids is 2. The van der Waals surface area contributed by atoms with Crippen molar-refractivity contribution >= 4 is 22.7 Å².